The summed E-state index contributed by atoms with van der Waals surface area (Å²) in [5.41, 5.74) is 6.72. The van der Waals surface area contributed by atoms with Gasteiger partial charge in [-0.2, -0.15) is 0 Å². The van der Waals surface area contributed by atoms with E-state index in [1.165, 1.54) is 0 Å². The predicted molar refractivity (Wildman–Crippen MR) is 81.3 cm³/mol. The largest absolute Gasteiger partial charge is 0.491 e. The van der Waals surface area contributed by atoms with Crippen molar-refractivity contribution in [3.05, 3.63) is 47.0 Å². The van der Waals surface area contributed by atoms with Crippen LogP contribution in [0.1, 0.15) is 13.3 Å². The highest BCUT2D eigenvalue weighted by Gasteiger charge is 2.13. The highest BCUT2D eigenvalue weighted by molar-refractivity contribution is 6.33. The van der Waals surface area contributed by atoms with Gasteiger partial charge in [-0.15, -0.1) is 0 Å². The van der Waals surface area contributed by atoms with Gasteiger partial charge in [-0.25, -0.2) is 8.78 Å². The highest BCUT2D eigenvalue weighted by atomic mass is 35.5. The summed E-state index contributed by atoms with van der Waals surface area (Å²) in [5.74, 6) is -1.03. The average molecular weight is 313 g/mol. The lowest BCUT2D eigenvalue weighted by Crippen LogP contribution is -2.03. The third kappa shape index (κ3) is 3.55. The molecule has 0 heterocycles. The molecule has 0 saturated heterocycles. The van der Waals surface area contributed by atoms with Gasteiger partial charge in [0.25, 0.3) is 0 Å². The molecule has 0 aromatic heterocycles. The number of nitrogen functional groups attached to an aromatic ring is 1. The van der Waals surface area contributed by atoms with Crippen LogP contribution in [0.3, 0.4) is 0 Å². The molecule has 0 bridgehead atoms. The number of hydrogen-bond acceptors (Lipinski definition) is 3. The first-order chi connectivity index (χ1) is 10.0. The van der Waals surface area contributed by atoms with Crippen LogP contribution in [0.5, 0.6) is 5.75 Å². The molecule has 0 aliphatic rings. The van der Waals surface area contributed by atoms with Gasteiger partial charge < -0.3 is 15.8 Å². The van der Waals surface area contributed by atoms with E-state index in [2.05, 4.69) is 5.32 Å². The van der Waals surface area contributed by atoms with E-state index in [-0.39, 0.29) is 10.7 Å². The van der Waals surface area contributed by atoms with Gasteiger partial charge in [-0.1, -0.05) is 24.6 Å². The molecule has 0 amide bonds. The predicted octanol–water partition coefficient (Wildman–Crippen LogP) is 4.73. The Hall–Kier alpha value is -2.01. The fourth-order valence-electron chi connectivity index (χ4n) is 1.79. The molecule has 0 unspecified atom stereocenters. The van der Waals surface area contributed by atoms with Crippen molar-refractivity contribution in [1.29, 1.82) is 0 Å². The molecule has 3 nitrogen and oxygen atoms in total. The van der Waals surface area contributed by atoms with Gasteiger partial charge in [0.2, 0.25) is 0 Å². The molecular formula is C15H15ClF2N2O. The third-order valence-electron chi connectivity index (χ3n) is 2.79. The van der Waals surface area contributed by atoms with E-state index in [1.807, 2.05) is 6.92 Å². The van der Waals surface area contributed by atoms with Crippen molar-refractivity contribution in [2.75, 3.05) is 17.7 Å². The van der Waals surface area contributed by atoms with E-state index in [9.17, 15) is 8.78 Å². The number of hydrogen-bond donors (Lipinski definition) is 2. The lowest BCUT2D eigenvalue weighted by Gasteiger charge is -2.15. The van der Waals surface area contributed by atoms with E-state index >= 15 is 0 Å². The number of rotatable bonds is 5. The summed E-state index contributed by atoms with van der Waals surface area (Å²) in [7, 11) is 0. The van der Waals surface area contributed by atoms with Gasteiger partial charge >= 0.3 is 0 Å². The highest BCUT2D eigenvalue weighted by Crippen LogP contribution is 2.35. The topological polar surface area (TPSA) is 47.3 Å². The molecule has 112 valence electrons. The van der Waals surface area contributed by atoms with Gasteiger partial charge in [0.1, 0.15) is 11.6 Å². The van der Waals surface area contributed by atoms with Crippen molar-refractivity contribution in [1.82, 2.24) is 0 Å². The van der Waals surface area contributed by atoms with Gasteiger partial charge in [0.05, 0.1) is 28.7 Å². The maximum absolute atomic E-state index is 13.8. The Balaban J connectivity index is 2.32. The zero-order valence-electron chi connectivity index (χ0n) is 11.4. The van der Waals surface area contributed by atoms with Crippen LogP contribution in [0.2, 0.25) is 5.02 Å². The second kappa shape index (κ2) is 6.63. The molecular weight excluding hydrogens is 298 g/mol. The fraction of sp³-hybridized carbons (Fsp3) is 0.200. The van der Waals surface area contributed by atoms with Crippen molar-refractivity contribution >= 4 is 28.7 Å². The number of halogens is 3. The first kappa shape index (κ1) is 15.4. The lowest BCUT2D eigenvalue weighted by molar-refractivity contribution is 0.319. The molecule has 0 atom stereocenters. The van der Waals surface area contributed by atoms with E-state index in [1.54, 1.807) is 18.2 Å². The number of anilines is 3. The van der Waals surface area contributed by atoms with Crippen LogP contribution in [0.25, 0.3) is 0 Å². The van der Waals surface area contributed by atoms with Gasteiger partial charge in [-0.3, -0.25) is 0 Å². The SMILES string of the molecule is CCCOc1cccc(Nc2c(F)cc(F)cc2Cl)c1N. The first-order valence-electron chi connectivity index (χ1n) is 6.45. The average Bonchev–Trinajstić information content (AvgIpc) is 2.43. The third-order valence-corrected chi connectivity index (χ3v) is 3.09. The maximum Gasteiger partial charge on any atom is 0.151 e. The van der Waals surface area contributed by atoms with Gasteiger partial charge in [0, 0.05) is 6.07 Å². The minimum Gasteiger partial charge on any atom is -0.491 e. The molecule has 21 heavy (non-hydrogen) atoms. The minimum atomic E-state index is -0.792. The summed E-state index contributed by atoms with van der Waals surface area (Å²) in [6.07, 6.45) is 0.843. The molecule has 0 fully saturated rings. The normalized spacial score (nSPS) is 10.5. The number of ether oxygens (including phenoxy) is 1. The van der Waals surface area contributed by atoms with Crippen molar-refractivity contribution in [3.8, 4) is 5.75 Å². The van der Waals surface area contributed by atoms with Crippen LogP contribution < -0.4 is 15.8 Å². The Labute approximate surface area is 126 Å². The summed E-state index contributed by atoms with van der Waals surface area (Å²) >= 11 is 5.85. The zero-order valence-corrected chi connectivity index (χ0v) is 12.2. The van der Waals surface area contributed by atoms with Crippen LogP contribution in [0.4, 0.5) is 25.8 Å². The van der Waals surface area contributed by atoms with Gasteiger partial charge in [-0.05, 0) is 24.6 Å². The minimum absolute atomic E-state index is 0.0302. The molecule has 0 aliphatic carbocycles. The molecule has 2 aromatic rings. The first-order valence-corrected chi connectivity index (χ1v) is 6.83. The van der Waals surface area contributed by atoms with E-state index in [4.69, 9.17) is 22.1 Å². The Kier molecular flexibility index (Phi) is 4.85. The summed E-state index contributed by atoms with van der Waals surface area (Å²) in [4.78, 5) is 0. The van der Waals surface area contributed by atoms with Crippen LogP contribution in [-0.4, -0.2) is 6.61 Å². The summed E-state index contributed by atoms with van der Waals surface area (Å²) in [6, 6.07) is 6.88. The van der Waals surface area contributed by atoms with Crippen LogP contribution in [-0.2, 0) is 0 Å². The van der Waals surface area contributed by atoms with Crippen LogP contribution >= 0.6 is 11.6 Å². The fourth-order valence-corrected chi connectivity index (χ4v) is 2.03. The molecule has 2 aromatic carbocycles. The summed E-state index contributed by atoms with van der Waals surface area (Å²) < 4.78 is 32.3. The quantitative estimate of drug-likeness (QED) is 0.784. The van der Waals surface area contributed by atoms with Crippen molar-refractivity contribution in [2.45, 2.75) is 13.3 Å². The molecule has 2 rings (SSSR count). The van der Waals surface area contributed by atoms with Crippen LogP contribution in [0, 0.1) is 11.6 Å². The van der Waals surface area contributed by atoms with Crippen molar-refractivity contribution in [2.24, 2.45) is 0 Å². The molecule has 6 heteroatoms. The zero-order chi connectivity index (χ0) is 15.4. The van der Waals surface area contributed by atoms with Gasteiger partial charge in [0.15, 0.2) is 5.82 Å². The molecule has 0 aliphatic heterocycles. The Morgan fingerprint density at radius 2 is 2.05 bits per heavy atom. The molecule has 0 spiro atoms. The van der Waals surface area contributed by atoms with E-state index < -0.39 is 11.6 Å². The Morgan fingerprint density at radius 1 is 1.29 bits per heavy atom. The van der Waals surface area contributed by atoms with E-state index in [0.717, 1.165) is 18.6 Å². The second-order valence-electron chi connectivity index (χ2n) is 4.44. The Bertz CT molecular complexity index is 627. The Morgan fingerprint density at radius 3 is 2.71 bits per heavy atom. The summed E-state index contributed by atoms with van der Waals surface area (Å²) in [6.45, 7) is 2.51. The smallest absolute Gasteiger partial charge is 0.151 e. The van der Waals surface area contributed by atoms with Crippen LogP contribution in [0.15, 0.2) is 30.3 Å². The standard InChI is InChI=1S/C15H15ClF2N2O/c1-2-6-21-13-5-3-4-12(14(13)19)20-15-10(16)7-9(17)8-11(15)18/h3-5,7-8,20H,2,6,19H2,1H3. The van der Waals surface area contributed by atoms with Crippen molar-refractivity contribution < 1.29 is 13.5 Å². The second-order valence-corrected chi connectivity index (χ2v) is 4.84. The lowest BCUT2D eigenvalue weighted by atomic mass is 10.2. The maximum atomic E-state index is 13.8. The number of nitrogens with two attached hydrogens (primary N) is 1. The van der Waals surface area contributed by atoms with Crippen molar-refractivity contribution in [3.63, 3.8) is 0 Å². The number of nitrogens with one attached hydrogen (secondary N) is 1. The van der Waals surface area contributed by atoms with E-state index in [0.29, 0.717) is 23.7 Å². The number of para-hydroxylation sites is 1. The molecule has 3 N–H and O–H groups in total. The number of benzene rings is 2. The molecule has 0 radical (unpaired) electrons. The monoisotopic (exact) mass is 312 g/mol. The molecule has 0 saturated carbocycles. The summed E-state index contributed by atoms with van der Waals surface area (Å²) in [5, 5.41) is 2.71.